The maximum Gasteiger partial charge on any atom is 0.181 e. The van der Waals surface area contributed by atoms with Gasteiger partial charge in [-0.05, 0) is 58.7 Å². The second-order valence-electron chi connectivity index (χ2n) is 4.50. The minimum absolute atomic E-state index is 0.0369. The van der Waals surface area contributed by atoms with E-state index >= 15 is 0 Å². The van der Waals surface area contributed by atoms with E-state index in [9.17, 15) is 4.79 Å². The summed E-state index contributed by atoms with van der Waals surface area (Å²) in [5.41, 5.74) is 2.76. The van der Waals surface area contributed by atoms with Crippen LogP contribution in [-0.2, 0) is 0 Å². The van der Waals surface area contributed by atoms with E-state index in [1.165, 1.54) is 0 Å². The molecule has 0 heterocycles. The number of halogens is 1. The van der Waals surface area contributed by atoms with Crippen LogP contribution < -0.4 is 10.1 Å². The number of carbonyl (C=O) groups excluding carboxylic acids is 1. The highest BCUT2D eigenvalue weighted by atomic mass is 79.9. The standard InChI is InChI=1S/C16H16BrNO2/c1-11-4-3-5-13(8-11)18-10-15(19)12-6-7-16(20-2)14(17)9-12/h3-9,18H,10H2,1-2H3. The van der Waals surface area contributed by atoms with E-state index in [0.717, 1.165) is 15.7 Å². The van der Waals surface area contributed by atoms with Crippen LogP contribution in [0.3, 0.4) is 0 Å². The molecule has 2 rings (SSSR count). The van der Waals surface area contributed by atoms with Gasteiger partial charge in [-0.1, -0.05) is 12.1 Å². The second-order valence-corrected chi connectivity index (χ2v) is 5.35. The van der Waals surface area contributed by atoms with Crippen LogP contribution >= 0.6 is 15.9 Å². The molecule has 2 aromatic carbocycles. The summed E-state index contributed by atoms with van der Waals surface area (Å²) in [5, 5.41) is 3.14. The summed E-state index contributed by atoms with van der Waals surface area (Å²) in [5.74, 6) is 0.753. The van der Waals surface area contributed by atoms with Gasteiger partial charge in [-0.2, -0.15) is 0 Å². The van der Waals surface area contributed by atoms with Gasteiger partial charge in [0.2, 0.25) is 0 Å². The maximum atomic E-state index is 12.1. The van der Waals surface area contributed by atoms with Crippen LogP contribution in [0.15, 0.2) is 46.9 Å². The molecule has 0 saturated heterocycles. The highest BCUT2D eigenvalue weighted by Gasteiger charge is 2.08. The Kier molecular flexibility index (Phi) is 4.79. The van der Waals surface area contributed by atoms with E-state index in [2.05, 4.69) is 21.2 Å². The first kappa shape index (κ1) is 14.6. The molecule has 0 amide bonds. The zero-order valence-electron chi connectivity index (χ0n) is 11.4. The van der Waals surface area contributed by atoms with Gasteiger partial charge in [-0.25, -0.2) is 0 Å². The lowest BCUT2D eigenvalue weighted by Gasteiger charge is -2.08. The monoisotopic (exact) mass is 333 g/mol. The van der Waals surface area contributed by atoms with Crippen LogP contribution in [-0.4, -0.2) is 19.4 Å². The summed E-state index contributed by atoms with van der Waals surface area (Å²) in [7, 11) is 1.60. The fourth-order valence-corrected chi connectivity index (χ4v) is 2.42. The first-order valence-corrected chi connectivity index (χ1v) is 7.06. The quantitative estimate of drug-likeness (QED) is 0.838. The number of hydrogen-bond donors (Lipinski definition) is 1. The Bertz CT molecular complexity index is 626. The molecule has 0 aliphatic heterocycles. The molecule has 0 unspecified atom stereocenters. The third-order valence-electron chi connectivity index (χ3n) is 2.94. The van der Waals surface area contributed by atoms with Crippen molar-refractivity contribution in [3.05, 3.63) is 58.1 Å². The SMILES string of the molecule is COc1ccc(C(=O)CNc2cccc(C)c2)cc1Br. The van der Waals surface area contributed by atoms with Gasteiger partial charge in [-0.3, -0.25) is 4.79 Å². The van der Waals surface area contributed by atoms with E-state index in [1.807, 2.05) is 31.2 Å². The minimum atomic E-state index is 0.0369. The van der Waals surface area contributed by atoms with Crippen LogP contribution in [0.2, 0.25) is 0 Å². The molecular formula is C16H16BrNO2. The smallest absolute Gasteiger partial charge is 0.181 e. The van der Waals surface area contributed by atoms with Gasteiger partial charge in [0.05, 0.1) is 18.1 Å². The zero-order valence-corrected chi connectivity index (χ0v) is 13.0. The number of hydrogen-bond acceptors (Lipinski definition) is 3. The fraction of sp³-hybridized carbons (Fsp3) is 0.188. The molecular weight excluding hydrogens is 318 g/mol. The number of Topliss-reactive ketones (excluding diaryl/α,β-unsaturated/α-hetero) is 1. The fourth-order valence-electron chi connectivity index (χ4n) is 1.88. The number of ketones is 1. The van der Waals surface area contributed by atoms with E-state index in [1.54, 1.807) is 25.3 Å². The van der Waals surface area contributed by atoms with E-state index in [4.69, 9.17) is 4.74 Å². The highest BCUT2D eigenvalue weighted by molar-refractivity contribution is 9.10. The summed E-state index contributed by atoms with van der Waals surface area (Å²) in [4.78, 5) is 12.1. The Hall–Kier alpha value is -1.81. The zero-order chi connectivity index (χ0) is 14.5. The Morgan fingerprint density at radius 2 is 2.05 bits per heavy atom. The average Bonchev–Trinajstić information content (AvgIpc) is 2.44. The van der Waals surface area contributed by atoms with Gasteiger partial charge >= 0.3 is 0 Å². The lowest BCUT2D eigenvalue weighted by Crippen LogP contribution is -2.14. The Balaban J connectivity index is 2.03. The van der Waals surface area contributed by atoms with Crippen LogP contribution in [0.4, 0.5) is 5.69 Å². The number of carbonyl (C=O) groups is 1. The number of methoxy groups -OCH3 is 1. The normalized spacial score (nSPS) is 10.2. The number of anilines is 1. The summed E-state index contributed by atoms with van der Waals surface area (Å²) >= 11 is 3.38. The molecule has 0 saturated carbocycles. The molecule has 0 aliphatic carbocycles. The number of rotatable bonds is 5. The van der Waals surface area contributed by atoms with Crippen LogP contribution in [0.5, 0.6) is 5.75 Å². The van der Waals surface area contributed by atoms with Crippen LogP contribution in [0.1, 0.15) is 15.9 Å². The van der Waals surface area contributed by atoms with Crippen molar-refractivity contribution >= 4 is 27.4 Å². The van der Waals surface area contributed by atoms with Gasteiger partial charge in [0, 0.05) is 11.3 Å². The molecule has 0 fully saturated rings. The molecule has 0 spiro atoms. The van der Waals surface area contributed by atoms with Crippen molar-refractivity contribution in [1.82, 2.24) is 0 Å². The van der Waals surface area contributed by atoms with E-state index in [-0.39, 0.29) is 12.3 Å². The van der Waals surface area contributed by atoms with Crippen molar-refractivity contribution in [1.29, 1.82) is 0 Å². The van der Waals surface area contributed by atoms with Crippen molar-refractivity contribution < 1.29 is 9.53 Å². The maximum absolute atomic E-state index is 12.1. The van der Waals surface area contributed by atoms with Crippen molar-refractivity contribution in [2.75, 3.05) is 19.0 Å². The summed E-state index contributed by atoms with van der Waals surface area (Å²) < 4.78 is 5.93. The third kappa shape index (κ3) is 3.61. The molecule has 0 aliphatic rings. The molecule has 0 radical (unpaired) electrons. The molecule has 104 valence electrons. The molecule has 0 atom stereocenters. The molecule has 0 bridgehead atoms. The lowest BCUT2D eigenvalue weighted by atomic mass is 10.1. The summed E-state index contributed by atoms with van der Waals surface area (Å²) in [6, 6.07) is 13.3. The van der Waals surface area contributed by atoms with Crippen molar-refractivity contribution in [2.45, 2.75) is 6.92 Å². The van der Waals surface area contributed by atoms with E-state index < -0.39 is 0 Å². The largest absolute Gasteiger partial charge is 0.496 e. The average molecular weight is 334 g/mol. The van der Waals surface area contributed by atoms with Crippen molar-refractivity contribution in [2.24, 2.45) is 0 Å². The number of nitrogens with one attached hydrogen (secondary N) is 1. The molecule has 3 nitrogen and oxygen atoms in total. The van der Waals surface area contributed by atoms with E-state index in [0.29, 0.717) is 11.3 Å². The second kappa shape index (κ2) is 6.57. The molecule has 4 heteroatoms. The molecule has 2 aromatic rings. The molecule has 1 N–H and O–H groups in total. The van der Waals surface area contributed by atoms with Gasteiger partial charge in [-0.15, -0.1) is 0 Å². The van der Waals surface area contributed by atoms with Crippen LogP contribution in [0, 0.1) is 6.92 Å². The van der Waals surface area contributed by atoms with Crippen molar-refractivity contribution in [3.63, 3.8) is 0 Å². The lowest BCUT2D eigenvalue weighted by molar-refractivity contribution is 0.101. The summed E-state index contributed by atoms with van der Waals surface area (Å²) in [6.07, 6.45) is 0. The third-order valence-corrected chi connectivity index (χ3v) is 3.56. The first-order valence-electron chi connectivity index (χ1n) is 6.27. The topological polar surface area (TPSA) is 38.3 Å². The van der Waals surface area contributed by atoms with Crippen LogP contribution in [0.25, 0.3) is 0 Å². The van der Waals surface area contributed by atoms with Gasteiger partial charge in [0.1, 0.15) is 5.75 Å². The summed E-state index contributed by atoms with van der Waals surface area (Å²) in [6.45, 7) is 2.29. The molecule has 0 aromatic heterocycles. The highest BCUT2D eigenvalue weighted by Crippen LogP contribution is 2.25. The number of aryl methyl sites for hydroxylation is 1. The number of ether oxygens (including phenoxy) is 1. The van der Waals surface area contributed by atoms with Gasteiger partial charge in [0.15, 0.2) is 5.78 Å². The predicted octanol–water partition coefficient (Wildman–Crippen LogP) is 4.06. The Labute approximate surface area is 127 Å². The predicted molar refractivity (Wildman–Crippen MR) is 84.7 cm³/mol. The number of benzene rings is 2. The Morgan fingerprint density at radius 1 is 1.25 bits per heavy atom. The van der Waals surface area contributed by atoms with Gasteiger partial charge in [0.25, 0.3) is 0 Å². The minimum Gasteiger partial charge on any atom is -0.496 e. The molecule has 20 heavy (non-hydrogen) atoms. The van der Waals surface area contributed by atoms with Crippen molar-refractivity contribution in [3.8, 4) is 5.75 Å². The van der Waals surface area contributed by atoms with Gasteiger partial charge < -0.3 is 10.1 Å². The first-order chi connectivity index (χ1) is 9.60. The Morgan fingerprint density at radius 3 is 2.70 bits per heavy atom.